The molecule has 3 aliphatic rings. The van der Waals surface area contributed by atoms with E-state index in [1.54, 1.807) is 18.7 Å². The minimum Gasteiger partial charge on any atom is -0.488 e. The van der Waals surface area contributed by atoms with E-state index in [2.05, 4.69) is 42.3 Å². The zero-order valence-corrected chi connectivity index (χ0v) is 18.6. The molecule has 1 aromatic carbocycles. The lowest BCUT2D eigenvalue weighted by Gasteiger charge is -2.31. The molecule has 9 nitrogen and oxygen atoms in total. The van der Waals surface area contributed by atoms with Crippen LogP contribution in [0.25, 0.3) is 11.0 Å². The third-order valence-electron chi connectivity index (χ3n) is 6.71. The molecule has 1 aliphatic carbocycles. The molecule has 0 spiro atoms. The second-order valence-electron chi connectivity index (χ2n) is 8.81. The minimum absolute atomic E-state index is 0.160. The first-order valence-corrected chi connectivity index (χ1v) is 11.8. The lowest BCUT2D eigenvalue weighted by atomic mass is 9.92. The van der Waals surface area contributed by atoms with E-state index in [1.807, 2.05) is 0 Å². The van der Waals surface area contributed by atoms with Crippen LogP contribution < -0.4 is 19.7 Å². The molecule has 1 saturated carbocycles. The number of benzene rings is 1. The third kappa shape index (κ3) is 4.25. The van der Waals surface area contributed by atoms with Crippen molar-refractivity contribution >= 4 is 22.5 Å². The van der Waals surface area contributed by atoms with Gasteiger partial charge in [-0.2, -0.15) is 0 Å². The van der Waals surface area contributed by atoms with Gasteiger partial charge in [-0.1, -0.05) is 0 Å². The van der Waals surface area contributed by atoms with E-state index in [-0.39, 0.29) is 6.10 Å². The topological polar surface area (TPSA) is 94.5 Å². The van der Waals surface area contributed by atoms with Crippen molar-refractivity contribution in [3.8, 4) is 11.6 Å². The molecule has 172 valence electrons. The minimum atomic E-state index is 0.160. The highest BCUT2D eigenvalue weighted by molar-refractivity contribution is 5.85. The van der Waals surface area contributed by atoms with Crippen molar-refractivity contribution in [2.75, 3.05) is 43.1 Å². The van der Waals surface area contributed by atoms with E-state index in [4.69, 9.17) is 14.2 Å². The van der Waals surface area contributed by atoms with Gasteiger partial charge < -0.3 is 24.4 Å². The molecule has 2 fully saturated rings. The summed E-state index contributed by atoms with van der Waals surface area (Å²) in [5, 5.41) is 3.62. The molecule has 1 N–H and O–H groups in total. The third-order valence-corrected chi connectivity index (χ3v) is 6.71. The van der Waals surface area contributed by atoms with Crippen LogP contribution in [0.4, 0.5) is 11.5 Å². The zero-order chi connectivity index (χ0) is 22.0. The SMILES string of the molecule is c1nc(NC2CCC(Oc3cc(N4CCOCC4)cc4nccnc34)CC2)c2c(n1)OCC2. The summed E-state index contributed by atoms with van der Waals surface area (Å²) in [5.74, 6) is 2.46. The number of hydrogen-bond donors (Lipinski definition) is 1. The van der Waals surface area contributed by atoms with Crippen molar-refractivity contribution in [2.24, 2.45) is 0 Å². The molecule has 0 radical (unpaired) electrons. The Balaban J connectivity index is 1.15. The van der Waals surface area contributed by atoms with Gasteiger partial charge in [-0.3, -0.25) is 4.98 Å². The number of hydrogen-bond acceptors (Lipinski definition) is 9. The monoisotopic (exact) mass is 448 g/mol. The summed E-state index contributed by atoms with van der Waals surface area (Å²) < 4.78 is 17.6. The zero-order valence-electron chi connectivity index (χ0n) is 18.6. The van der Waals surface area contributed by atoms with E-state index in [1.165, 1.54) is 0 Å². The smallest absolute Gasteiger partial charge is 0.221 e. The summed E-state index contributed by atoms with van der Waals surface area (Å²) in [6, 6.07) is 4.60. The highest BCUT2D eigenvalue weighted by Crippen LogP contribution is 2.34. The molecule has 9 heteroatoms. The van der Waals surface area contributed by atoms with Crippen LogP contribution >= 0.6 is 0 Å². The number of rotatable bonds is 5. The summed E-state index contributed by atoms with van der Waals surface area (Å²) in [7, 11) is 0. The number of nitrogens with one attached hydrogen (secondary N) is 1. The summed E-state index contributed by atoms with van der Waals surface area (Å²) in [5.41, 5.74) is 3.91. The van der Waals surface area contributed by atoms with Gasteiger partial charge in [-0.25, -0.2) is 15.0 Å². The predicted molar refractivity (Wildman–Crippen MR) is 124 cm³/mol. The highest BCUT2D eigenvalue weighted by atomic mass is 16.5. The van der Waals surface area contributed by atoms with E-state index in [0.29, 0.717) is 12.6 Å². The van der Waals surface area contributed by atoms with Crippen LogP contribution in [0.2, 0.25) is 0 Å². The first-order valence-electron chi connectivity index (χ1n) is 11.8. The first-order chi connectivity index (χ1) is 16.3. The van der Waals surface area contributed by atoms with Crippen LogP contribution in [0.15, 0.2) is 30.9 Å². The Kier molecular flexibility index (Phi) is 5.55. The van der Waals surface area contributed by atoms with Crippen molar-refractivity contribution in [1.82, 2.24) is 19.9 Å². The van der Waals surface area contributed by atoms with E-state index < -0.39 is 0 Å². The number of aromatic nitrogens is 4. The summed E-state index contributed by atoms with van der Waals surface area (Å²) in [6.45, 7) is 3.92. The molecule has 0 amide bonds. The van der Waals surface area contributed by atoms with Crippen molar-refractivity contribution in [3.05, 3.63) is 36.4 Å². The molecule has 2 aliphatic heterocycles. The van der Waals surface area contributed by atoms with Crippen molar-refractivity contribution in [1.29, 1.82) is 0 Å². The maximum absolute atomic E-state index is 6.54. The van der Waals surface area contributed by atoms with Gasteiger partial charge in [0.25, 0.3) is 0 Å². The Morgan fingerprint density at radius 2 is 1.79 bits per heavy atom. The molecular weight excluding hydrogens is 420 g/mol. The van der Waals surface area contributed by atoms with Crippen molar-refractivity contribution in [2.45, 2.75) is 44.2 Å². The molecule has 0 atom stereocenters. The van der Waals surface area contributed by atoms with Crippen LogP contribution in [-0.4, -0.2) is 65.0 Å². The van der Waals surface area contributed by atoms with Crippen LogP contribution in [0.1, 0.15) is 31.2 Å². The van der Waals surface area contributed by atoms with Crippen LogP contribution in [0, 0.1) is 0 Å². The fourth-order valence-corrected chi connectivity index (χ4v) is 4.94. The standard InChI is InChI=1S/C24H28N6O3/c1-3-18(4-2-16(1)29-23-19-5-10-32-24(19)28-15-27-23)33-21-14-17(30-8-11-31-12-9-30)13-20-22(21)26-7-6-25-20/h6-7,13-16,18H,1-5,8-12H2,(H,27,28,29). The Bertz CT molecular complexity index is 1130. The number of anilines is 2. The molecule has 0 unspecified atom stereocenters. The quantitative estimate of drug-likeness (QED) is 0.632. The Morgan fingerprint density at radius 3 is 2.67 bits per heavy atom. The van der Waals surface area contributed by atoms with Crippen molar-refractivity contribution < 1.29 is 14.2 Å². The number of ether oxygens (including phenoxy) is 3. The molecule has 0 bridgehead atoms. The lowest BCUT2D eigenvalue weighted by Crippen LogP contribution is -2.36. The summed E-state index contributed by atoms with van der Waals surface area (Å²) in [4.78, 5) is 20.1. The molecule has 3 aromatic rings. The molecule has 4 heterocycles. The molecule has 6 rings (SSSR count). The van der Waals surface area contributed by atoms with E-state index >= 15 is 0 Å². The normalized spacial score (nSPS) is 22.6. The Labute approximate surface area is 192 Å². The maximum Gasteiger partial charge on any atom is 0.221 e. The van der Waals surface area contributed by atoms with Crippen molar-refractivity contribution in [3.63, 3.8) is 0 Å². The average Bonchev–Trinajstić information content (AvgIpc) is 3.36. The fourth-order valence-electron chi connectivity index (χ4n) is 4.94. The first kappa shape index (κ1) is 20.4. The fraction of sp³-hybridized carbons (Fsp3) is 0.500. The van der Waals surface area contributed by atoms with Gasteiger partial charge in [0.2, 0.25) is 5.88 Å². The largest absolute Gasteiger partial charge is 0.488 e. The number of nitrogens with zero attached hydrogens (tertiary/aromatic N) is 5. The Morgan fingerprint density at radius 1 is 0.939 bits per heavy atom. The van der Waals surface area contributed by atoms with Crippen LogP contribution in [-0.2, 0) is 11.2 Å². The number of morpholine rings is 1. The Hall–Kier alpha value is -3.20. The molecular formula is C24H28N6O3. The van der Waals surface area contributed by atoms with Gasteiger partial charge in [0.15, 0.2) is 0 Å². The van der Waals surface area contributed by atoms with Gasteiger partial charge in [0.1, 0.15) is 23.4 Å². The molecule has 2 aromatic heterocycles. The van der Waals surface area contributed by atoms with E-state index in [9.17, 15) is 0 Å². The summed E-state index contributed by atoms with van der Waals surface area (Å²) >= 11 is 0. The lowest BCUT2D eigenvalue weighted by molar-refractivity contribution is 0.122. The van der Waals surface area contributed by atoms with Crippen LogP contribution in [0.3, 0.4) is 0 Å². The average molecular weight is 449 g/mol. The van der Waals surface area contributed by atoms with Gasteiger partial charge in [-0.15, -0.1) is 0 Å². The second kappa shape index (κ2) is 8.97. The van der Waals surface area contributed by atoms with Crippen LogP contribution in [0.5, 0.6) is 11.6 Å². The molecule has 1 saturated heterocycles. The van der Waals surface area contributed by atoms with Gasteiger partial charge in [0, 0.05) is 49.7 Å². The summed E-state index contributed by atoms with van der Waals surface area (Å²) in [6.07, 6.45) is 10.1. The van der Waals surface area contributed by atoms with E-state index in [0.717, 1.165) is 98.1 Å². The number of fused-ring (bicyclic) bond motifs is 2. The highest BCUT2D eigenvalue weighted by Gasteiger charge is 2.26. The van der Waals surface area contributed by atoms with Gasteiger partial charge >= 0.3 is 0 Å². The van der Waals surface area contributed by atoms with Gasteiger partial charge in [-0.05, 0) is 31.7 Å². The van der Waals surface area contributed by atoms with Gasteiger partial charge in [0.05, 0.1) is 37.0 Å². The predicted octanol–water partition coefficient (Wildman–Crippen LogP) is 2.99. The molecule has 33 heavy (non-hydrogen) atoms. The maximum atomic E-state index is 6.54. The second-order valence-corrected chi connectivity index (χ2v) is 8.81.